The van der Waals surface area contributed by atoms with Crippen molar-refractivity contribution in [2.45, 2.75) is 0 Å². The summed E-state index contributed by atoms with van der Waals surface area (Å²) in [6, 6.07) is 17.7. The highest BCUT2D eigenvalue weighted by molar-refractivity contribution is 9.10. The molecule has 0 radical (unpaired) electrons. The Bertz CT molecular complexity index is 910. The molecule has 2 aromatic carbocycles. The van der Waals surface area contributed by atoms with Crippen LogP contribution in [0, 0.1) is 0 Å². The third-order valence-electron chi connectivity index (χ3n) is 3.46. The lowest BCUT2D eigenvalue weighted by atomic mass is 10.2. The number of nitrogens with one attached hydrogen (secondary N) is 3. The predicted octanol–water partition coefficient (Wildman–Crippen LogP) is 4.35. The van der Waals surface area contributed by atoms with Gasteiger partial charge in [-0.1, -0.05) is 18.2 Å². The van der Waals surface area contributed by atoms with Crippen LogP contribution in [0.25, 0.3) is 0 Å². The number of hydrogen-bond donors (Lipinski definition) is 3. The van der Waals surface area contributed by atoms with Crippen LogP contribution in [-0.2, 0) is 4.79 Å². The highest BCUT2D eigenvalue weighted by Crippen LogP contribution is 2.21. The first-order chi connectivity index (χ1) is 12.6. The standard InChI is InChI=1S/C19H16BrN3O3/c20-15-7-1-2-8-16(15)21-12-18(24)22-13-5-3-6-14(11-13)23-19(25)17-9-4-10-26-17/h1-11,21H,12H2,(H,22,24)(H,23,25). The monoisotopic (exact) mass is 413 g/mol. The lowest BCUT2D eigenvalue weighted by Crippen LogP contribution is -2.22. The van der Waals surface area contributed by atoms with Gasteiger partial charge in [-0.05, 0) is 58.4 Å². The van der Waals surface area contributed by atoms with Crippen LogP contribution in [-0.4, -0.2) is 18.4 Å². The van der Waals surface area contributed by atoms with Crippen molar-refractivity contribution >= 4 is 44.8 Å². The van der Waals surface area contributed by atoms with E-state index in [9.17, 15) is 9.59 Å². The van der Waals surface area contributed by atoms with E-state index >= 15 is 0 Å². The third-order valence-corrected chi connectivity index (χ3v) is 4.15. The summed E-state index contributed by atoms with van der Waals surface area (Å²) in [7, 11) is 0. The van der Waals surface area contributed by atoms with Crippen LogP contribution in [0.3, 0.4) is 0 Å². The molecule has 2 amide bonds. The van der Waals surface area contributed by atoms with E-state index in [4.69, 9.17) is 4.42 Å². The van der Waals surface area contributed by atoms with Gasteiger partial charge in [0.2, 0.25) is 5.91 Å². The van der Waals surface area contributed by atoms with E-state index in [1.807, 2.05) is 24.3 Å². The SMILES string of the molecule is O=C(CNc1ccccc1Br)Nc1cccc(NC(=O)c2ccco2)c1. The van der Waals surface area contributed by atoms with Gasteiger partial charge in [0, 0.05) is 21.5 Å². The molecule has 0 unspecified atom stereocenters. The van der Waals surface area contributed by atoms with Gasteiger partial charge in [-0.15, -0.1) is 0 Å². The number of carbonyl (C=O) groups excluding carboxylic acids is 2. The number of benzene rings is 2. The summed E-state index contributed by atoms with van der Waals surface area (Å²) in [6.07, 6.45) is 1.43. The molecule has 0 bridgehead atoms. The summed E-state index contributed by atoms with van der Waals surface area (Å²) in [6.45, 7) is 0.117. The van der Waals surface area contributed by atoms with E-state index < -0.39 is 0 Å². The lowest BCUT2D eigenvalue weighted by Gasteiger charge is -2.10. The molecule has 3 N–H and O–H groups in total. The molecule has 6 nitrogen and oxygen atoms in total. The molecule has 1 aromatic heterocycles. The number of rotatable bonds is 6. The molecule has 1 heterocycles. The number of hydrogen-bond acceptors (Lipinski definition) is 4. The Morgan fingerprint density at radius 3 is 2.42 bits per heavy atom. The van der Waals surface area contributed by atoms with Gasteiger partial charge in [-0.3, -0.25) is 9.59 Å². The average molecular weight is 414 g/mol. The van der Waals surface area contributed by atoms with Gasteiger partial charge in [0.15, 0.2) is 5.76 Å². The number of amides is 2. The Morgan fingerprint density at radius 2 is 1.69 bits per heavy atom. The zero-order valence-corrected chi connectivity index (χ0v) is 15.2. The van der Waals surface area contributed by atoms with Crippen LogP contribution >= 0.6 is 15.9 Å². The van der Waals surface area contributed by atoms with Gasteiger partial charge in [0.25, 0.3) is 5.91 Å². The minimum atomic E-state index is -0.353. The quantitative estimate of drug-likeness (QED) is 0.560. The first-order valence-electron chi connectivity index (χ1n) is 7.85. The van der Waals surface area contributed by atoms with Gasteiger partial charge in [0.1, 0.15) is 0 Å². The number of halogens is 1. The van der Waals surface area contributed by atoms with Crippen molar-refractivity contribution in [3.8, 4) is 0 Å². The first kappa shape index (κ1) is 17.8. The van der Waals surface area contributed by atoms with Crippen molar-refractivity contribution < 1.29 is 14.0 Å². The Balaban J connectivity index is 1.57. The maximum atomic E-state index is 12.1. The second kappa shape index (κ2) is 8.35. The topological polar surface area (TPSA) is 83.4 Å². The van der Waals surface area contributed by atoms with Crippen molar-refractivity contribution in [2.24, 2.45) is 0 Å². The molecule has 0 fully saturated rings. The van der Waals surface area contributed by atoms with Gasteiger partial charge in [-0.2, -0.15) is 0 Å². The molecule has 0 saturated carbocycles. The molecular formula is C19H16BrN3O3. The Hall–Kier alpha value is -3.06. The van der Waals surface area contributed by atoms with Crippen molar-refractivity contribution in [3.63, 3.8) is 0 Å². The number of para-hydroxylation sites is 1. The third kappa shape index (κ3) is 4.73. The van der Waals surface area contributed by atoms with E-state index in [0.717, 1.165) is 10.2 Å². The van der Waals surface area contributed by atoms with Crippen LogP contribution in [0.4, 0.5) is 17.1 Å². The van der Waals surface area contributed by atoms with E-state index in [0.29, 0.717) is 11.4 Å². The van der Waals surface area contributed by atoms with Gasteiger partial charge in [-0.25, -0.2) is 0 Å². The molecule has 0 saturated heterocycles. The van der Waals surface area contributed by atoms with Gasteiger partial charge in [0.05, 0.1) is 12.8 Å². The van der Waals surface area contributed by atoms with Crippen molar-refractivity contribution in [2.75, 3.05) is 22.5 Å². The largest absolute Gasteiger partial charge is 0.459 e. The second-order valence-electron chi connectivity index (χ2n) is 5.39. The first-order valence-corrected chi connectivity index (χ1v) is 8.64. The molecular weight excluding hydrogens is 398 g/mol. The zero-order valence-electron chi connectivity index (χ0n) is 13.7. The summed E-state index contributed by atoms with van der Waals surface area (Å²) in [5.41, 5.74) is 1.98. The molecule has 132 valence electrons. The van der Waals surface area contributed by atoms with Crippen LogP contribution < -0.4 is 16.0 Å². The van der Waals surface area contributed by atoms with Crippen LogP contribution in [0.1, 0.15) is 10.6 Å². The van der Waals surface area contributed by atoms with E-state index in [2.05, 4.69) is 31.9 Å². The molecule has 3 aromatic rings. The summed E-state index contributed by atoms with van der Waals surface area (Å²) >= 11 is 3.42. The van der Waals surface area contributed by atoms with E-state index in [1.165, 1.54) is 6.26 Å². The number of anilines is 3. The summed E-state index contributed by atoms with van der Waals surface area (Å²) < 4.78 is 5.94. The average Bonchev–Trinajstić information content (AvgIpc) is 3.16. The molecule has 26 heavy (non-hydrogen) atoms. The molecule has 7 heteroatoms. The maximum absolute atomic E-state index is 12.1. The fourth-order valence-corrected chi connectivity index (χ4v) is 2.69. The Kier molecular flexibility index (Phi) is 5.70. The van der Waals surface area contributed by atoms with E-state index in [-0.39, 0.29) is 24.1 Å². The molecule has 0 atom stereocenters. The number of furan rings is 1. The molecule has 0 aliphatic carbocycles. The highest BCUT2D eigenvalue weighted by Gasteiger charge is 2.09. The Morgan fingerprint density at radius 1 is 0.923 bits per heavy atom. The van der Waals surface area contributed by atoms with Crippen LogP contribution in [0.2, 0.25) is 0 Å². The minimum Gasteiger partial charge on any atom is -0.459 e. The normalized spacial score (nSPS) is 10.2. The molecule has 0 aliphatic heterocycles. The predicted molar refractivity (Wildman–Crippen MR) is 104 cm³/mol. The smallest absolute Gasteiger partial charge is 0.291 e. The minimum absolute atomic E-state index is 0.117. The molecule has 0 aliphatic rings. The molecule has 3 rings (SSSR count). The van der Waals surface area contributed by atoms with E-state index in [1.54, 1.807) is 36.4 Å². The fourth-order valence-electron chi connectivity index (χ4n) is 2.26. The van der Waals surface area contributed by atoms with Crippen molar-refractivity contribution in [3.05, 3.63) is 77.2 Å². The van der Waals surface area contributed by atoms with Crippen molar-refractivity contribution in [1.29, 1.82) is 0 Å². The summed E-state index contributed by atoms with van der Waals surface area (Å²) in [5.74, 6) is -0.332. The highest BCUT2D eigenvalue weighted by atomic mass is 79.9. The van der Waals surface area contributed by atoms with Crippen molar-refractivity contribution in [1.82, 2.24) is 0 Å². The van der Waals surface area contributed by atoms with Crippen LogP contribution in [0.5, 0.6) is 0 Å². The molecule has 0 spiro atoms. The zero-order chi connectivity index (χ0) is 18.4. The lowest BCUT2D eigenvalue weighted by molar-refractivity contribution is -0.114. The fraction of sp³-hybridized carbons (Fsp3) is 0.0526. The summed E-state index contributed by atoms with van der Waals surface area (Å²) in [4.78, 5) is 24.1. The van der Waals surface area contributed by atoms with Crippen LogP contribution in [0.15, 0.2) is 75.8 Å². The van der Waals surface area contributed by atoms with Gasteiger partial charge < -0.3 is 20.4 Å². The number of carbonyl (C=O) groups is 2. The second-order valence-corrected chi connectivity index (χ2v) is 6.25. The summed E-state index contributed by atoms with van der Waals surface area (Å²) in [5, 5.41) is 8.56. The Labute approximate surface area is 158 Å². The van der Waals surface area contributed by atoms with Gasteiger partial charge >= 0.3 is 0 Å². The maximum Gasteiger partial charge on any atom is 0.291 e.